The minimum Gasteiger partial charge on any atom is -0.496 e. The number of methoxy groups -OCH3 is 1. The average molecular weight is 316 g/mol. The van der Waals surface area contributed by atoms with Gasteiger partial charge in [-0.3, -0.25) is 4.79 Å². The van der Waals surface area contributed by atoms with Gasteiger partial charge in [0.25, 0.3) is 0 Å². The van der Waals surface area contributed by atoms with Gasteiger partial charge in [-0.2, -0.15) is 0 Å². The van der Waals surface area contributed by atoms with Gasteiger partial charge in [-0.15, -0.1) is 0 Å². The fourth-order valence-electron chi connectivity index (χ4n) is 1.42. The lowest BCUT2D eigenvalue weighted by molar-refractivity contribution is -0.127. The molecule has 9 heteroatoms. The quantitative estimate of drug-likeness (QED) is 0.749. The van der Waals surface area contributed by atoms with Gasteiger partial charge < -0.3 is 14.7 Å². The number of hydrogen-bond acceptors (Lipinski definition) is 5. The van der Waals surface area contributed by atoms with E-state index >= 15 is 0 Å². The number of carbonyl (C=O) groups is 2. The molecule has 8 nitrogen and oxygen atoms in total. The van der Waals surface area contributed by atoms with Gasteiger partial charge in [0.05, 0.1) is 18.6 Å². The van der Waals surface area contributed by atoms with Crippen molar-refractivity contribution in [1.82, 2.24) is 9.62 Å². The molecule has 0 aliphatic rings. The average Bonchev–Trinajstić information content (AvgIpc) is 2.43. The van der Waals surface area contributed by atoms with E-state index in [9.17, 15) is 18.0 Å². The highest BCUT2D eigenvalue weighted by molar-refractivity contribution is 7.89. The van der Waals surface area contributed by atoms with Crippen LogP contribution in [0, 0.1) is 0 Å². The minimum atomic E-state index is -3.99. The first kappa shape index (κ1) is 16.9. The van der Waals surface area contributed by atoms with Crippen LogP contribution in [0.5, 0.6) is 5.75 Å². The number of rotatable bonds is 6. The second-order valence-corrected chi connectivity index (χ2v) is 6.05. The van der Waals surface area contributed by atoms with Crippen molar-refractivity contribution in [3.8, 4) is 5.75 Å². The second kappa shape index (κ2) is 6.55. The van der Waals surface area contributed by atoms with Crippen LogP contribution in [0.2, 0.25) is 0 Å². The molecule has 0 spiro atoms. The molecule has 2 N–H and O–H groups in total. The molecule has 21 heavy (non-hydrogen) atoms. The largest absolute Gasteiger partial charge is 0.496 e. The fraction of sp³-hybridized carbons (Fsp3) is 0.333. The molecule has 1 aromatic rings. The molecule has 1 aromatic carbocycles. The number of ether oxygens (including phenoxy) is 1. The molecule has 0 saturated carbocycles. The summed E-state index contributed by atoms with van der Waals surface area (Å²) in [5.74, 6) is -1.69. The monoisotopic (exact) mass is 316 g/mol. The van der Waals surface area contributed by atoms with Crippen molar-refractivity contribution in [2.24, 2.45) is 0 Å². The van der Waals surface area contributed by atoms with Crippen molar-refractivity contribution in [3.63, 3.8) is 0 Å². The summed E-state index contributed by atoms with van der Waals surface area (Å²) in [6.07, 6.45) is 0. The second-order valence-electron chi connectivity index (χ2n) is 4.28. The Morgan fingerprint density at radius 1 is 1.33 bits per heavy atom. The number of nitrogens with one attached hydrogen (secondary N) is 1. The Morgan fingerprint density at radius 2 is 1.95 bits per heavy atom. The maximum absolute atomic E-state index is 12.0. The molecular weight excluding hydrogens is 300 g/mol. The Hall–Kier alpha value is -2.13. The normalized spacial score (nSPS) is 11.0. The van der Waals surface area contributed by atoms with Crippen LogP contribution in [0.3, 0.4) is 0 Å². The number of benzene rings is 1. The van der Waals surface area contributed by atoms with Crippen molar-refractivity contribution < 1.29 is 27.9 Å². The van der Waals surface area contributed by atoms with Crippen LogP contribution in [-0.4, -0.2) is 58.1 Å². The number of aromatic carboxylic acids is 1. The summed E-state index contributed by atoms with van der Waals surface area (Å²) in [5, 5.41) is 9.02. The van der Waals surface area contributed by atoms with Crippen LogP contribution >= 0.6 is 0 Å². The molecule has 1 amide bonds. The number of nitrogens with zero attached hydrogens (tertiary/aromatic N) is 1. The number of amides is 1. The summed E-state index contributed by atoms with van der Waals surface area (Å²) in [4.78, 5) is 23.4. The minimum absolute atomic E-state index is 0.0471. The van der Waals surface area contributed by atoms with Crippen LogP contribution in [0.4, 0.5) is 0 Å². The summed E-state index contributed by atoms with van der Waals surface area (Å²) < 4.78 is 31.0. The highest BCUT2D eigenvalue weighted by atomic mass is 32.2. The number of likely N-dealkylation sites (N-methyl/N-ethyl adjacent to an activating group) is 1. The zero-order valence-corrected chi connectivity index (χ0v) is 12.6. The van der Waals surface area contributed by atoms with Gasteiger partial charge in [0, 0.05) is 14.1 Å². The Bertz CT molecular complexity index is 654. The molecular formula is C12H16N2O6S. The lowest BCUT2D eigenvalue weighted by Gasteiger charge is -2.12. The number of hydrogen-bond donors (Lipinski definition) is 2. The van der Waals surface area contributed by atoms with Crippen LogP contribution in [0.25, 0.3) is 0 Å². The first-order valence-electron chi connectivity index (χ1n) is 5.80. The summed E-state index contributed by atoms with van der Waals surface area (Å²) >= 11 is 0. The number of carbonyl (C=O) groups excluding carboxylic acids is 1. The lowest BCUT2D eigenvalue weighted by atomic mass is 10.2. The van der Waals surface area contributed by atoms with E-state index in [0.29, 0.717) is 0 Å². The van der Waals surface area contributed by atoms with E-state index in [2.05, 4.69) is 4.72 Å². The van der Waals surface area contributed by atoms with Crippen molar-refractivity contribution in [3.05, 3.63) is 23.8 Å². The van der Waals surface area contributed by atoms with E-state index in [4.69, 9.17) is 9.84 Å². The molecule has 0 aliphatic carbocycles. The molecule has 0 atom stereocenters. The molecule has 0 fully saturated rings. The van der Waals surface area contributed by atoms with Crippen LogP contribution in [0.15, 0.2) is 23.1 Å². The van der Waals surface area contributed by atoms with Crippen LogP contribution < -0.4 is 9.46 Å². The van der Waals surface area contributed by atoms with Gasteiger partial charge in [-0.1, -0.05) is 0 Å². The predicted molar refractivity (Wildman–Crippen MR) is 73.8 cm³/mol. The van der Waals surface area contributed by atoms with Gasteiger partial charge in [0.15, 0.2) is 0 Å². The number of carboxylic acid groups (broad SMARTS) is 1. The molecule has 0 unspecified atom stereocenters. The number of sulfonamides is 1. The van der Waals surface area contributed by atoms with E-state index in [0.717, 1.165) is 6.07 Å². The fourth-order valence-corrected chi connectivity index (χ4v) is 2.42. The highest BCUT2D eigenvalue weighted by Crippen LogP contribution is 2.22. The third-order valence-corrected chi connectivity index (χ3v) is 4.02. The van der Waals surface area contributed by atoms with E-state index in [1.807, 2.05) is 0 Å². The van der Waals surface area contributed by atoms with E-state index in [-0.39, 0.29) is 16.2 Å². The van der Waals surface area contributed by atoms with Crippen LogP contribution in [-0.2, 0) is 14.8 Å². The van der Waals surface area contributed by atoms with E-state index < -0.39 is 28.4 Å². The maximum atomic E-state index is 12.0. The molecule has 0 bridgehead atoms. The first-order chi connectivity index (χ1) is 9.69. The summed E-state index contributed by atoms with van der Waals surface area (Å²) in [6.45, 7) is -0.413. The Labute approximate surface area is 122 Å². The third-order valence-electron chi connectivity index (χ3n) is 2.62. The van der Waals surface area contributed by atoms with Crippen LogP contribution in [0.1, 0.15) is 10.4 Å². The Morgan fingerprint density at radius 3 is 2.43 bits per heavy atom. The topological polar surface area (TPSA) is 113 Å². The molecule has 0 aromatic heterocycles. The van der Waals surface area contributed by atoms with Crippen molar-refractivity contribution in [1.29, 1.82) is 0 Å². The molecule has 0 radical (unpaired) electrons. The molecule has 1 rings (SSSR count). The lowest BCUT2D eigenvalue weighted by Crippen LogP contribution is -2.36. The van der Waals surface area contributed by atoms with Gasteiger partial charge in [-0.05, 0) is 18.2 Å². The van der Waals surface area contributed by atoms with Gasteiger partial charge in [-0.25, -0.2) is 17.9 Å². The highest BCUT2D eigenvalue weighted by Gasteiger charge is 2.20. The van der Waals surface area contributed by atoms with E-state index in [1.54, 1.807) is 0 Å². The van der Waals surface area contributed by atoms with Crippen molar-refractivity contribution in [2.45, 2.75) is 4.90 Å². The number of carboxylic acids is 1. The molecule has 0 heterocycles. The van der Waals surface area contributed by atoms with Gasteiger partial charge in [0.2, 0.25) is 15.9 Å². The SMILES string of the molecule is COc1ccc(S(=O)(=O)NCC(=O)N(C)C)cc1C(=O)O. The molecule has 116 valence electrons. The van der Waals surface area contributed by atoms with E-state index in [1.165, 1.54) is 38.2 Å². The van der Waals surface area contributed by atoms with Gasteiger partial charge >= 0.3 is 5.97 Å². The Balaban J connectivity index is 3.06. The summed E-state index contributed by atoms with van der Waals surface area (Å²) in [5.41, 5.74) is -0.278. The Kier molecular flexibility index (Phi) is 5.28. The third kappa shape index (κ3) is 4.17. The zero-order chi connectivity index (χ0) is 16.2. The van der Waals surface area contributed by atoms with Gasteiger partial charge in [0.1, 0.15) is 11.3 Å². The first-order valence-corrected chi connectivity index (χ1v) is 7.28. The smallest absolute Gasteiger partial charge is 0.339 e. The van der Waals surface area contributed by atoms with Crippen molar-refractivity contribution >= 4 is 21.9 Å². The summed E-state index contributed by atoms with van der Waals surface area (Å²) in [7, 11) is 0.281. The van der Waals surface area contributed by atoms with Crippen molar-refractivity contribution in [2.75, 3.05) is 27.7 Å². The zero-order valence-electron chi connectivity index (χ0n) is 11.8. The standard InChI is InChI=1S/C12H16N2O6S/c1-14(2)11(15)7-13-21(18,19)8-4-5-10(20-3)9(6-8)12(16)17/h4-6,13H,7H2,1-3H3,(H,16,17). The maximum Gasteiger partial charge on any atom is 0.339 e. The molecule has 0 saturated heterocycles. The predicted octanol–water partition coefficient (Wildman–Crippen LogP) is -0.240. The summed E-state index contributed by atoms with van der Waals surface area (Å²) in [6, 6.07) is 3.42. The molecule has 0 aliphatic heterocycles.